The summed E-state index contributed by atoms with van der Waals surface area (Å²) >= 11 is 0. The van der Waals surface area contributed by atoms with Gasteiger partial charge in [-0.15, -0.1) is 0 Å². The Bertz CT molecular complexity index is 1110. The zero-order valence-corrected chi connectivity index (χ0v) is 16.8. The molecule has 0 fully saturated rings. The Morgan fingerprint density at radius 3 is 2.66 bits per heavy atom. The summed E-state index contributed by atoms with van der Waals surface area (Å²) in [5, 5.41) is 21.1. The molecule has 1 aliphatic rings. The van der Waals surface area contributed by atoms with Gasteiger partial charge in [0, 0.05) is 0 Å². The number of phenols is 1. The number of anilines is 1. The second-order valence-corrected chi connectivity index (χ2v) is 8.20. The number of ether oxygens (including phenoxy) is 1. The number of fused-ring (bicyclic) bond motifs is 1. The molecule has 1 atom stereocenters. The van der Waals surface area contributed by atoms with E-state index in [0.717, 1.165) is 21.5 Å². The molecule has 29 heavy (non-hydrogen) atoms. The van der Waals surface area contributed by atoms with Crippen molar-refractivity contribution < 1.29 is 28.2 Å². The van der Waals surface area contributed by atoms with Crippen LogP contribution in [0.1, 0.15) is 25.8 Å². The van der Waals surface area contributed by atoms with Gasteiger partial charge in [-0.3, -0.25) is 4.79 Å². The molecule has 1 heterocycles. The van der Waals surface area contributed by atoms with Crippen molar-refractivity contribution in [2.24, 2.45) is 5.92 Å². The van der Waals surface area contributed by atoms with Crippen LogP contribution in [-0.2, 0) is 19.7 Å². The number of phenolic OH excluding ortho intramolecular Hbond substituents is 1. The minimum Gasteiger partial charge on any atom is -0.506 e. The lowest BCUT2D eigenvalue weighted by Gasteiger charge is -2.16. The predicted molar refractivity (Wildman–Crippen MR) is 110 cm³/mol. The second-order valence-electron chi connectivity index (χ2n) is 6.66. The van der Waals surface area contributed by atoms with E-state index in [4.69, 9.17) is 4.74 Å². The van der Waals surface area contributed by atoms with Gasteiger partial charge in [0.15, 0.2) is 0 Å². The van der Waals surface area contributed by atoms with E-state index in [0.29, 0.717) is 18.4 Å². The van der Waals surface area contributed by atoms with Crippen LogP contribution in [0.2, 0.25) is 0 Å². The number of carbonyl (C=O) groups excluding carboxylic acids is 1. The van der Waals surface area contributed by atoms with E-state index in [1.54, 1.807) is 19.9 Å². The van der Waals surface area contributed by atoms with E-state index in [2.05, 4.69) is 0 Å². The number of benzene rings is 2. The molecule has 0 amide bonds. The average molecular weight is 418 g/mol. The Hall–Kier alpha value is -3.20. The van der Waals surface area contributed by atoms with Gasteiger partial charge in [0.2, 0.25) is 5.88 Å². The molecule has 3 N–H and O–H groups in total. The number of rotatable bonds is 6. The molecular weight excluding hydrogens is 396 g/mol. The second kappa shape index (κ2) is 8.04. The third-order valence-corrected chi connectivity index (χ3v) is 5.70. The number of aliphatic hydroxyl groups excluding tert-OH is 1. The van der Waals surface area contributed by atoms with Crippen LogP contribution >= 0.6 is 0 Å². The van der Waals surface area contributed by atoms with Gasteiger partial charge in [-0.05, 0) is 47.9 Å². The molecule has 8 nitrogen and oxygen atoms in total. The van der Waals surface area contributed by atoms with Crippen LogP contribution in [0.3, 0.4) is 0 Å². The molecule has 0 saturated carbocycles. The summed E-state index contributed by atoms with van der Waals surface area (Å²) in [7, 11) is -4.00. The van der Waals surface area contributed by atoms with Crippen molar-refractivity contribution in [1.82, 2.24) is 4.72 Å². The zero-order chi connectivity index (χ0) is 21.2. The van der Waals surface area contributed by atoms with Crippen molar-refractivity contribution in [3.63, 3.8) is 0 Å². The fourth-order valence-electron chi connectivity index (χ4n) is 2.95. The van der Waals surface area contributed by atoms with Gasteiger partial charge in [-0.1, -0.05) is 31.2 Å². The van der Waals surface area contributed by atoms with E-state index >= 15 is 0 Å². The first-order valence-corrected chi connectivity index (χ1v) is 10.5. The average Bonchev–Trinajstić information content (AvgIpc) is 2.93. The van der Waals surface area contributed by atoms with Crippen molar-refractivity contribution in [3.8, 4) is 5.75 Å². The van der Waals surface area contributed by atoms with Crippen LogP contribution in [0.4, 0.5) is 5.69 Å². The molecule has 0 aromatic heterocycles. The lowest BCUT2D eigenvalue weighted by Crippen LogP contribution is -2.29. The van der Waals surface area contributed by atoms with E-state index in [1.165, 1.54) is 12.1 Å². The molecule has 154 valence electrons. The summed E-state index contributed by atoms with van der Waals surface area (Å²) < 4.78 is 31.9. The van der Waals surface area contributed by atoms with E-state index in [1.807, 2.05) is 29.0 Å². The summed E-state index contributed by atoms with van der Waals surface area (Å²) in [4.78, 5) is 11.7. The maximum atomic E-state index is 12.1. The Morgan fingerprint density at radius 2 is 2.00 bits per heavy atom. The smallest absolute Gasteiger partial charge is 0.330 e. The number of nitrogens with one attached hydrogen (secondary N) is 1. The monoisotopic (exact) mass is 418 g/mol. The predicted octanol–water partition coefficient (Wildman–Crippen LogP) is 3.16. The first-order valence-electron chi connectivity index (χ1n) is 9.04. The SMILES string of the molecule is CCOC(=O)C(C)CC=Cc1ccc2cc(O)c(N3C=C(O)NS3(=O)=O)cc2c1. The molecular formula is C20H22N2O6S. The summed E-state index contributed by atoms with van der Waals surface area (Å²) in [6, 6.07) is 8.48. The fourth-order valence-corrected chi connectivity index (χ4v) is 4.01. The lowest BCUT2D eigenvalue weighted by molar-refractivity contribution is -0.147. The Balaban J connectivity index is 1.87. The molecule has 2 aromatic rings. The van der Waals surface area contributed by atoms with Gasteiger partial charge in [0.05, 0.1) is 18.7 Å². The molecule has 0 spiro atoms. The third-order valence-electron chi connectivity index (χ3n) is 4.42. The van der Waals surface area contributed by atoms with Gasteiger partial charge in [0.25, 0.3) is 0 Å². The van der Waals surface area contributed by atoms with Crippen molar-refractivity contribution >= 4 is 38.7 Å². The number of hydrogen-bond donors (Lipinski definition) is 3. The van der Waals surface area contributed by atoms with Crippen LogP contribution < -0.4 is 9.03 Å². The van der Waals surface area contributed by atoms with Gasteiger partial charge in [0.1, 0.15) is 11.4 Å². The minimum atomic E-state index is -4.00. The molecule has 9 heteroatoms. The number of carbonyl (C=O) groups is 1. The first kappa shape index (κ1) is 20.5. The topological polar surface area (TPSA) is 116 Å². The van der Waals surface area contributed by atoms with Crippen LogP contribution in [0.25, 0.3) is 16.8 Å². The molecule has 0 saturated heterocycles. The highest BCUT2D eigenvalue weighted by atomic mass is 32.2. The number of allylic oxidation sites excluding steroid dienone is 1. The largest absolute Gasteiger partial charge is 0.506 e. The highest BCUT2D eigenvalue weighted by molar-refractivity contribution is 7.91. The maximum absolute atomic E-state index is 12.1. The number of esters is 1. The van der Waals surface area contributed by atoms with E-state index in [9.17, 15) is 23.4 Å². The molecule has 2 aromatic carbocycles. The molecule has 3 rings (SSSR count). The fraction of sp³-hybridized carbons (Fsp3) is 0.250. The highest BCUT2D eigenvalue weighted by Gasteiger charge is 2.30. The van der Waals surface area contributed by atoms with Crippen molar-refractivity contribution in [1.29, 1.82) is 0 Å². The molecule has 0 bridgehead atoms. The zero-order valence-electron chi connectivity index (χ0n) is 16.0. The summed E-state index contributed by atoms with van der Waals surface area (Å²) in [6.07, 6.45) is 5.25. The quantitative estimate of drug-likeness (QED) is 0.621. The third kappa shape index (κ3) is 4.45. The summed E-state index contributed by atoms with van der Waals surface area (Å²) in [6.45, 7) is 3.91. The Labute approximate surface area is 168 Å². The minimum absolute atomic E-state index is 0.0195. The van der Waals surface area contributed by atoms with Gasteiger partial charge in [-0.2, -0.15) is 8.42 Å². The van der Waals surface area contributed by atoms with Crippen LogP contribution in [-0.4, -0.2) is 31.2 Å². The standard InChI is InChI=1S/C20H22N2O6S/c1-3-28-20(25)13(2)5-4-6-14-7-8-15-11-18(23)17(10-16(15)9-14)22-12-19(24)21-29(22,26)27/h4,6-13,21,23-24H,3,5H2,1-2H3. The Kier molecular flexibility index (Phi) is 5.69. The lowest BCUT2D eigenvalue weighted by atomic mass is 10.0. The van der Waals surface area contributed by atoms with Crippen molar-refractivity contribution in [2.75, 3.05) is 10.9 Å². The van der Waals surface area contributed by atoms with Crippen LogP contribution in [0, 0.1) is 5.92 Å². The molecule has 1 unspecified atom stereocenters. The molecule has 1 aliphatic heterocycles. The molecule has 0 radical (unpaired) electrons. The first-order chi connectivity index (χ1) is 13.7. The van der Waals surface area contributed by atoms with Crippen molar-refractivity contribution in [2.45, 2.75) is 20.3 Å². The van der Waals surface area contributed by atoms with Gasteiger partial charge in [-0.25, -0.2) is 9.03 Å². The van der Waals surface area contributed by atoms with Crippen molar-refractivity contribution in [3.05, 3.63) is 54.1 Å². The summed E-state index contributed by atoms with van der Waals surface area (Å²) in [5.41, 5.74) is 0.872. The Morgan fingerprint density at radius 1 is 1.24 bits per heavy atom. The number of hydrogen-bond acceptors (Lipinski definition) is 6. The van der Waals surface area contributed by atoms with Crippen LogP contribution in [0.15, 0.2) is 48.5 Å². The van der Waals surface area contributed by atoms with Gasteiger partial charge >= 0.3 is 16.2 Å². The van der Waals surface area contributed by atoms with E-state index < -0.39 is 16.1 Å². The normalized spacial score (nSPS) is 16.6. The number of aliphatic hydroxyl groups is 1. The summed E-state index contributed by atoms with van der Waals surface area (Å²) in [5.74, 6) is -1.26. The maximum Gasteiger partial charge on any atom is 0.330 e. The molecule has 0 aliphatic carbocycles. The number of aromatic hydroxyl groups is 1. The van der Waals surface area contributed by atoms with Crippen LogP contribution in [0.5, 0.6) is 5.75 Å². The highest BCUT2D eigenvalue weighted by Crippen LogP contribution is 2.36. The van der Waals surface area contributed by atoms with Gasteiger partial charge < -0.3 is 14.9 Å². The number of nitrogens with zero attached hydrogens (tertiary/aromatic N) is 1. The van der Waals surface area contributed by atoms with E-state index in [-0.39, 0.29) is 23.3 Å².